The van der Waals surface area contributed by atoms with Crippen LogP contribution in [0.15, 0.2) is 47.6 Å². The van der Waals surface area contributed by atoms with Gasteiger partial charge in [-0.15, -0.1) is 0 Å². The number of ether oxygens (including phenoxy) is 3. The largest absolute Gasteiger partial charge is 0.493 e. The number of benzene rings is 2. The van der Waals surface area contributed by atoms with Crippen molar-refractivity contribution in [3.8, 4) is 17.2 Å². The van der Waals surface area contributed by atoms with Crippen LogP contribution in [0.2, 0.25) is 0 Å². The molecule has 3 rings (SSSR count). The van der Waals surface area contributed by atoms with E-state index in [0.29, 0.717) is 23.7 Å². The molecular formula is C24H32N4O4. The van der Waals surface area contributed by atoms with Gasteiger partial charge in [-0.1, -0.05) is 30.3 Å². The highest BCUT2D eigenvalue weighted by Crippen LogP contribution is 2.37. The molecule has 1 saturated heterocycles. The van der Waals surface area contributed by atoms with Crippen molar-refractivity contribution < 1.29 is 19.0 Å². The molecular weight excluding hydrogens is 408 g/mol. The van der Waals surface area contributed by atoms with Crippen molar-refractivity contribution in [2.75, 3.05) is 54.1 Å². The third-order valence-electron chi connectivity index (χ3n) is 5.46. The number of carbonyl (C=O) groups excluding carboxylic acids is 1. The summed E-state index contributed by atoms with van der Waals surface area (Å²) in [6.07, 6.45) is 1.97. The van der Waals surface area contributed by atoms with E-state index in [4.69, 9.17) is 14.2 Å². The first kappa shape index (κ1) is 23.6. The van der Waals surface area contributed by atoms with Crippen LogP contribution in [0.4, 0.5) is 0 Å². The molecule has 1 fully saturated rings. The zero-order chi connectivity index (χ0) is 22.8. The third kappa shape index (κ3) is 6.70. The molecule has 32 heavy (non-hydrogen) atoms. The van der Waals surface area contributed by atoms with Crippen molar-refractivity contribution in [3.05, 3.63) is 53.6 Å². The maximum atomic E-state index is 12.2. The Morgan fingerprint density at radius 3 is 2.19 bits per heavy atom. The van der Waals surface area contributed by atoms with Crippen molar-refractivity contribution in [1.82, 2.24) is 15.2 Å². The summed E-state index contributed by atoms with van der Waals surface area (Å²) in [7, 11) is 4.67. The van der Waals surface area contributed by atoms with Crippen LogP contribution >= 0.6 is 0 Å². The Hall–Kier alpha value is -3.10. The van der Waals surface area contributed by atoms with Crippen LogP contribution in [0.3, 0.4) is 0 Å². The predicted octanol–water partition coefficient (Wildman–Crippen LogP) is 2.37. The number of carbonyl (C=O) groups is 1. The van der Waals surface area contributed by atoms with Crippen LogP contribution < -0.4 is 19.6 Å². The summed E-state index contributed by atoms with van der Waals surface area (Å²) in [6.45, 7) is 5.66. The maximum Gasteiger partial charge on any atom is 0.241 e. The molecule has 0 aromatic heterocycles. The van der Waals surface area contributed by atoms with Crippen LogP contribution in [0.25, 0.3) is 0 Å². The molecule has 0 radical (unpaired) electrons. The Kier molecular flexibility index (Phi) is 8.89. The van der Waals surface area contributed by atoms with Gasteiger partial charge in [-0.05, 0) is 17.7 Å². The van der Waals surface area contributed by atoms with E-state index in [0.717, 1.165) is 44.8 Å². The van der Waals surface area contributed by atoms with Crippen molar-refractivity contribution in [3.63, 3.8) is 0 Å². The van der Waals surface area contributed by atoms with Gasteiger partial charge in [-0.3, -0.25) is 9.69 Å². The lowest BCUT2D eigenvalue weighted by molar-refractivity contribution is -0.121. The highest BCUT2D eigenvalue weighted by molar-refractivity contribution is 5.84. The summed E-state index contributed by atoms with van der Waals surface area (Å²) in [5.41, 5.74) is 4.67. The third-order valence-corrected chi connectivity index (χ3v) is 5.46. The fraction of sp³-hybridized carbons (Fsp3) is 0.417. The first-order valence-corrected chi connectivity index (χ1v) is 10.7. The molecule has 8 nitrogen and oxygen atoms in total. The van der Waals surface area contributed by atoms with Gasteiger partial charge in [0.2, 0.25) is 11.7 Å². The highest BCUT2D eigenvalue weighted by Gasteiger charge is 2.17. The average Bonchev–Trinajstić information content (AvgIpc) is 2.83. The highest BCUT2D eigenvalue weighted by atomic mass is 16.5. The lowest BCUT2D eigenvalue weighted by Gasteiger charge is -2.34. The van der Waals surface area contributed by atoms with Gasteiger partial charge in [0.05, 0.1) is 27.5 Å². The van der Waals surface area contributed by atoms with Crippen molar-refractivity contribution in [2.24, 2.45) is 5.10 Å². The van der Waals surface area contributed by atoms with E-state index in [1.54, 1.807) is 39.7 Å². The quantitative estimate of drug-likeness (QED) is 0.452. The molecule has 0 unspecified atom stereocenters. The normalized spacial score (nSPS) is 15.0. The maximum absolute atomic E-state index is 12.2. The molecule has 0 saturated carbocycles. The van der Waals surface area contributed by atoms with Gasteiger partial charge in [0.1, 0.15) is 0 Å². The molecule has 0 aliphatic carbocycles. The zero-order valence-corrected chi connectivity index (χ0v) is 19.0. The van der Waals surface area contributed by atoms with Crippen LogP contribution in [0.1, 0.15) is 17.5 Å². The monoisotopic (exact) mass is 440 g/mol. The van der Waals surface area contributed by atoms with Crippen LogP contribution in [-0.2, 0) is 11.3 Å². The number of methoxy groups -OCH3 is 3. The summed E-state index contributed by atoms with van der Waals surface area (Å²) >= 11 is 0. The van der Waals surface area contributed by atoms with E-state index in [1.807, 2.05) is 6.07 Å². The van der Waals surface area contributed by atoms with E-state index in [1.165, 1.54) is 5.56 Å². The molecule has 1 aliphatic rings. The van der Waals surface area contributed by atoms with Gasteiger partial charge in [0.25, 0.3) is 0 Å². The zero-order valence-electron chi connectivity index (χ0n) is 19.0. The summed E-state index contributed by atoms with van der Waals surface area (Å²) in [5.74, 6) is 1.47. The molecule has 1 aliphatic heterocycles. The first-order chi connectivity index (χ1) is 15.6. The second kappa shape index (κ2) is 12.1. The Labute approximate surface area is 189 Å². The van der Waals surface area contributed by atoms with Crippen LogP contribution in [-0.4, -0.2) is 76.0 Å². The van der Waals surface area contributed by atoms with Gasteiger partial charge < -0.3 is 19.1 Å². The van der Waals surface area contributed by atoms with Crippen molar-refractivity contribution >= 4 is 12.1 Å². The topological polar surface area (TPSA) is 75.6 Å². The first-order valence-electron chi connectivity index (χ1n) is 10.7. The summed E-state index contributed by atoms with van der Waals surface area (Å²) in [6, 6.07) is 14.1. The summed E-state index contributed by atoms with van der Waals surface area (Å²) in [5, 5.41) is 4.07. The molecule has 172 valence electrons. The molecule has 8 heteroatoms. The van der Waals surface area contributed by atoms with E-state index in [2.05, 4.69) is 44.6 Å². The Morgan fingerprint density at radius 2 is 1.59 bits per heavy atom. The lowest BCUT2D eigenvalue weighted by atomic mass is 10.2. The fourth-order valence-corrected chi connectivity index (χ4v) is 3.68. The number of hydrogen-bond donors (Lipinski definition) is 1. The fourth-order valence-electron chi connectivity index (χ4n) is 3.68. The number of amides is 1. The minimum atomic E-state index is -0.111. The number of piperazine rings is 1. The standard InChI is InChI=1S/C24H32N4O4/c1-30-21-15-20(16-22(31-2)24(21)32-3)17-25-26-23(29)9-10-27-11-13-28(14-12-27)18-19-7-5-4-6-8-19/h4-8,15-17H,9-14,18H2,1-3H3,(H,26,29)/b25-17-. The molecule has 1 heterocycles. The van der Waals surface area contributed by atoms with Gasteiger partial charge in [-0.25, -0.2) is 5.43 Å². The van der Waals surface area contributed by atoms with Gasteiger partial charge >= 0.3 is 0 Å². The number of hydrazone groups is 1. The van der Waals surface area contributed by atoms with Gasteiger partial charge in [0.15, 0.2) is 11.5 Å². The smallest absolute Gasteiger partial charge is 0.241 e. The minimum Gasteiger partial charge on any atom is -0.493 e. The number of rotatable bonds is 10. The molecule has 2 aromatic carbocycles. The molecule has 0 atom stereocenters. The second-order valence-corrected chi connectivity index (χ2v) is 7.61. The van der Waals surface area contributed by atoms with Crippen molar-refractivity contribution in [1.29, 1.82) is 0 Å². The second-order valence-electron chi connectivity index (χ2n) is 7.61. The number of hydrogen-bond acceptors (Lipinski definition) is 7. The van der Waals surface area contributed by atoms with Crippen LogP contribution in [0.5, 0.6) is 17.2 Å². The Bertz CT molecular complexity index is 871. The Balaban J connectivity index is 1.41. The molecule has 1 N–H and O–H groups in total. The minimum absolute atomic E-state index is 0.111. The molecule has 0 spiro atoms. The molecule has 2 aromatic rings. The van der Waals surface area contributed by atoms with Gasteiger partial charge in [0, 0.05) is 51.3 Å². The SMILES string of the molecule is COc1cc(/C=N\NC(=O)CCN2CCN(Cc3ccccc3)CC2)cc(OC)c1OC. The predicted molar refractivity (Wildman–Crippen MR) is 125 cm³/mol. The Morgan fingerprint density at radius 1 is 0.969 bits per heavy atom. The van der Waals surface area contributed by atoms with E-state index in [9.17, 15) is 4.79 Å². The van der Waals surface area contributed by atoms with Crippen LogP contribution in [0, 0.1) is 0 Å². The number of nitrogens with one attached hydrogen (secondary N) is 1. The van der Waals surface area contributed by atoms with E-state index >= 15 is 0 Å². The van der Waals surface area contributed by atoms with Crippen molar-refractivity contribution in [2.45, 2.75) is 13.0 Å². The average molecular weight is 441 g/mol. The van der Waals surface area contributed by atoms with E-state index in [-0.39, 0.29) is 5.91 Å². The number of nitrogens with zero attached hydrogens (tertiary/aromatic N) is 3. The lowest BCUT2D eigenvalue weighted by Crippen LogP contribution is -2.46. The summed E-state index contributed by atoms with van der Waals surface area (Å²) < 4.78 is 16.0. The van der Waals surface area contributed by atoms with E-state index < -0.39 is 0 Å². The molecule has 1 amide bonds. The van der Waals surface area contributed by atoms with Gasteiger partial charge in [-0.2, -0.15) is 5.10 Å². The summed E-state index contributed by atoms with van der Waals surface area (Å²) in [4.78, 5) is 17.0. The molecule has 0 bridgehead atoms.